The molecule has 106 valence electrons. The number of carbonyl (C=O) groups is 2. The van der Waals surface area contributed by atoms with Gasteiger partial charge in [-0.2, -0.15) is 0 Å². The van der Waals surface area contributed by atoms with Gasteiger partial charge in [0.2, 0.25) is 5.91 Å². The molecule has 1 aromatic rings. The van der Waals surface area contributed by atoms with Gasteiger partial charge in [0.05, 0.1) is 15.1 Å². The normalized spacial score (nSPS) is 18.4. The molecule has 1 atom stereocenters. The average Bonchev–Trinajstić information content (AvgIpc) is 2.69. The fourth-order valence-corrected chi connectivity index (χ4v) is 3.36. The number of carbonyl (C=O) groups excluding carboxylic acids is 2. The van der Waals surface area contributed by atoms with E-state index >= 15 is 0 Å². The highest BCUT2D eigenvalue weighted by Crippen LogP contribution is 2.33. The standard InChI is InChI=1S/C12H11BrN2O4S/c1-7(16)20-9-5-12(17)14(6-9)8-2-3-10(13)11(4-8)15(18)19/h2-4,9H,5-6H2,1H3. The molecule has 1 aliphatic heterocycles. The van der Waals surface area contributed by atoms with Crippen molar-refractivity contribution in [1.29, 1.82) is 0 Å². The lowest BCUT2D eigenvalue weighted by Gasteiger charge is -2.16. The first-order chi connectivity index (χ1) is 9.38. The summed E-state index contributed by atoms with van der Waals surface area (Å²) in [5, 5.41) is 10.8. The molecule has 0 radical (unpaired) electrons. The van der Waals surface area contributed by atoms with Crippen LogP contribution in [0.1, 0.15) is 13.3 Å². The van der Waals surface area contributed by atoms with Crippen LogP contribution in [0.15, 0.2) is 22.7 Å². The van der Waals surface area contributed by atoms with Crippen LogP contribution >= 0.6 is 27.7 Å². The zero-order chi connectivity index (χ0) is 14.9. The number of amides is 1. The highest BCUT2D eigenvalue weighted by molar-refractivity contribution is 9.10. The molecule has 6 nitrogen and oxygen atoms in total. The fourth-order valence-electron chi connectivity index (χ4n) is 2.05. The van der Waals surface area contributed by atoms with Crippen LogP contribution < -0.4 is 4.90 Å². The predicted molar refractivity (Wildman–Crippen MR) is 79.8 cm³/mol. The molecule has 0 saturated carbocycles. The van der Waals surface area contributed by atoms with E-state index in [0.717, 1.165) is 11.8 Å². The van der Waals surface area contributed by atoms with E-state index < -0.39 is 4.92 Å². The van der Waals surface area contributed by atoms with E-state index in [1.54, 1.807) is 12.1 Å². The number of hydrogen-bond acceptors (Lipinski definition) is 5. The molecule has 1 fully saturated rings. The van der Waals surface area contributed by atoms with E-state index in [4.69, 9.17) is 0 Å². The second-order valence-corrected chi connectivity index (χ2v) is 6.66. The number of benzene rings is 1. The van der Waals surface area contributed by atoms with E-state index in [1.807, 2.05) is 0 Å². The molecule has 1 heterocycles. The Balaban J connectivity index is 2.24. The molecule has 2 rings (SSSR count). The molecule has 0 spiro atoms. The van der Waals surface area contributed by atoms with Crippen LogP contribution in [0.2, 0.25) is 0 Å². The Kier molecular flexibility index (Phi) is 4.44. The van der Waals surface area contributed by atoms with Crippen molar-refractivity contribution < 1.29 is 14.5 Å². The fraction of sp³-hybridized carbons (Fsp3) is 0.333. The van der Waals surface area contributed by atoms with Crippen LogP contribution in [0, 0.1) is 10.1 Å². The van der Waals surface area contributed by atoms with Crippen molar-refractivity contribution in [2.75, 3.05) is 11.4 Å². The lowest BCUT2D eigenvalue weighted by Crippen LogP contribution is -2.25. The number of nitro groups is 1. The Morgan fingerprint density at radius 3 is 2.85 bits per heavy atom. The number of nitro benzene ring substituents is 1. The quantitative estimate of drug-likeness (QED) is 0.612. The zero-order valence-electron chi connectivity index (χ0n) is 10.5. The van der Waals surface area contributed by atoms with Crippen LogP contribution in [0.3, 0.4) is 0 Å². The highest BCUT2D eigenvalue weighted by atomic mass is 79.9. The monoisotopic (exact) mass is 358 g/mol. The number of nitrogens with zero attached hydrogens (tertiary/aromatic N) is 2. The highest BCUT2D eigenvalue weighted by Gasteiger charge is 2.32. The lowest BCUT2D eigenvalue weighted by molar-refractivity contribution is -0.385. The molecule has 1 saturated heterocycles. The molecule has 8 heteroatoms. The van der Waals surface area contributed by atoms with Gasteiger partial charge in [0.25, 0.3) is 5.69 Å². The third kappa shape index (κ3) is 3.18. The number of thioether (sulfide) groups is 1. The third-order valence-corrected chi connectivity index (χ3v) is 4.51. The van der Waals surface area contributed by atoms with E-state index in [-0.39, 0.29) is 28.4 Å². The number of rotatable bonds is 3. The summed E-state index contributed by atoms with van der Waals surface area (Å²) < 4.78 is 0.368. The number of hydrogen-bond donors (Lipinski definition) is 0. The molecule has 1 unspecified atom stereocenters. The molecular formula is C12H11BrN2O4S. The van der Waals surface area contributed by atoms with Gasteiger partial charge in [0, 0.05) is 31.2 Å². The maximum Gasteiger partial charge on any atom is 0.285 e. The molecule has 0 N–H and O–H groups in total. The minimum Gasteiger partial charge on any atom is -0.311 e. The van der Waals surface area contributed by atoms with Crippen molar-refractivity contribution in [3.8, 4) is 0 Å². The third-order valence-electron chi connectivity index (χ3n) is 2.86. The molecule has 1 amide bonds. The summed E-state index contributed by atoms with van der Waals surface area (Å²) in [5.74, 6) is -0.125. The van der Waals surface area contributed by atoms with Crippen molar-refractivity contribution in [3.05, 3.63) is 32.8 Å². The topological polar surface area (TPSA) is 80.5 Å². The first-order valence-electron chi connectivity index (χ1n) is 5.80. The minimum atomic E-state index is -0.504. The van der Waals surface area contributed by atoms with E-state index in [1.165, 1.54) is 17.9 Å². The van der Waals surface area contributed by atoms with Gasteiger partial charge in [-0.1, -0.05) is 11.8 Å². The van der Waals surface area contributed by atoms with E-state index in [0.29, 0.717) is 16.7 Å². The SMILES string of the molecule is CC(=O)SC1CC(=O)N(c2ccc(Br)c([N+](=O)[O-])c2)C1. The molecule has 0 aromatic heterocycles. The maximum atomic E-state index is 12.0. The number of anilines is 1. The molecule has 0 aliphatic carbocycles. The second-order valence-electron chi connectivity index (χ2n) is 4.33. The van der Waals surface area contributed by atoms with Crippen LogP contribution in [0.5, 0.6) is 0 Å². The van der Waals surface area contributed by atoms with Crippen LogP contribution in [0.25, 0.3) is 0 Å². The van der Waals surface area contributed by atoms with Gasteiger partial charge in [-0.25, -0.2) is 0 Å². The smallest absolute Gasteiger partial charge is 0.285 e. The number of halogens is 1. The van der Waals surface area contributed by atoms with Crippen molar-refractivity contribution in [3.63, 3.8) is 0 Å². The summed E-state index contributed by atoms with van der Waals surface area (Å²) in [6.07, 6.45) is 0.272. The van der Waals surface area contributed by atoms with Crippen molar-refractivity contribution >= 4 is 50.1 Å². The van der Waals surface area contributed by atoms with Gasteiger partial charge in [-0.3, -0.25) is 19.7 Å². The van der Waals surface area contributed by atoms with E-state index in [2.05, 4.69) is 15.9 Å². The van der Waals surface area contributed by atoms with Crippen LogP contribution in [-0.2, 0) is 9.59 Å². The Bertz CT molecular complexity index is 593. The van der Waals surface area contributed by atoms with Crippen molar-refractivity contribution in [1.82, 2.24) is 0 Å². The summed E-state index contributed by atoms with van der Waals surface area (Å²) in [5.41, 5.74) is 0.398. The van der Waals surface area contributed by atoms with Gasteiger partial charge in [0.15, 0.2) is 5.12 Å². The average molecular weight is 359 g/mol. The Morgan fingerprint density at radius 2 is 2.25 bits per heavy atom. The lowest BCUT2D eigenvalue weighted by atomic mass is 10.2. The van der Waals surface area contributed by atoms with Gasteiger partial charge < -0.3 is 4.90 Å². The second kappa shape index (κ2) is 5.92. The van der Waals surface area contributed by atoms with Gasteiger partial charge in [-0.15, -0.1) is 0 Å². The maximum absolute atomic E-state index is 12.0. The summed E-state index contributed by atoms with van der Waals surface area (Å²) >= 11 is 4.24. The Morgan fingerprint density at radius 1 is 1.55 bits per heavy atom. The van der Waals surface area contributed by atoms with E-state index in [9.17, 15) is 19.7 Å². The van der Waals surface area contributed by atoms with Gasteiger partial charge in [-0.05, 0) is 28.1 Å². The van der Waals surface area contributed by atoms with Gasteiger partial charge in [0.1, 0.15) is 0 Å². The van der Waals surface area contributed by atoms with Crippen LogP contribution in [-0.4, -0.2) is 27.7 Å². The zero-order valence-corrected chi connectivity index (χ0v) is 12.9. The summed E-state index contributed by atoms with van der Waals surface area (Å²) in [4.78, 5) is 34.9. The summed E-state index contributed by atoms with van der Waals surface area (Å²) in [7, 11) is 0. The Hall–Kier alpha value is -1.41. The molecule has 20 heavy (non-hydrogen) atoms. The van der Waals surface area contributed by atoms with Gasteiger partial charge >= 0.3 is 0 Å². The van der Waals surface area contributed by atoms with Crippen molar-refractivity contribution in [2.24, 2.45) is 0 Å². The largest absolute Gasteiger partial charge is 0.311 e. The summed E-state index contributed by atoms with van der Waals surface area (Å²) in [6, 6.07) is 4.56. The first-order valence-corrected chi connectivity index (χ1v) is 7.47. The van der Waals surface area contributed by atoms with Crippen LogP contribution in [0.4, 0.5) is 11.4 Å². The Labute approximate surface area is 127 Å². The molecule has 1 aromatic carbocycles. The summed E-state index contributed by atoms with van der Waals surface area (Å²) in [6.45, 7) is 1.85. The van der Waals surface area contributed by atoms with Crippen molar-refractivity contribution in [2.45, 2.75) is 18.6 Å². The molecular weight excluding hydrogens is 348 g/mol. The minimum absolute atomic E-state index is 0.0357. The molecule has 1 aliphatic rings. The predicted octanol–water partition coefficient (Wildman–Crippen LogP) is 2.74. The molecule has 0 bridgehead atoms. The first kappa shape index (κ1) is 15.0.